The van der Waals surface area contributed by atoms with Crippen LogP contribution in [0.15, 0.2) is 199 Å². The highest BCUT2D eigenvalue weighted by Gasteiger charge is 2.20. The lowest BCUT2D eigenvalue weighted by Crippen LogP contribution is -1.89. The third-order valence-corrected chi connectivity index (χ3v) is 10.9. The molecule has 9 aromatic carbocycles. The normalized spacial score (nSPS) is 11.6. The van der Waals surface area contributed by atoms with E-state index < -0.39 is 0 Å². The topological polar surface area (TPSA) is 38.9 Å². The second-order valence-electron chi connectivity index (χ2n) is 14.1. The first-order chi connectivity index (χ1) is 27.3. The van der Waals surface area contributed by atoms with E-state index in [0.717, 1.165) is 88.3 Å². The summed E-state index contributed by atoms with van der Waals surface area (Å²) in [6.45, 7) is 0. The molecule has 0 fully saturated rings. The van der Waals surface area contributed by atoms with Gasteiger partial charge in [-0.3, -0.25) is 9.97 Å². The molecule has 0 saturated heterocycles. The van der Waals surface area contributed by atoms with Crippen LogP contribution in [0.2, 0.25) is 0 Å². The van der Waals surface area contributed by atoms with Crippen LogP contribution in [0.4, 0.5) is 0 Å². The summed E-state index contributed by atoms with van der Waals surface area (Å²) in [6, 6.07) is 65.0. The summed E-state index contributed by atoms with van der Waals surface area (Å²) in [7, 11) is 0. The van der Waals surface area contributed by atoms with Gasteiger partial charge in [0.1, 0.15) is 11.2 Å². The Hall–Kier alpha value is -7.36. The average molecular weight is 701 g/mol. The van der Waals surface area contributed by atoms with Crippen molar-refractivity contribution in [2.75, 3.05) is 0 Å². The van der Waals surface area contributed by atoms with E-state index >= 15 is 0 Å². The highest BCUT2D eigenvalue weighted by Crippen LogP contribution is 2.45. The Balaban J connectivity index is 1.11. The molecule has 0 aliphatic rings. The van der Waals surface area contributed by atoms with E-state index in [4.69, 9.17) is 14.4 Å². The maximum Gasteiger partial charge on any atom is 0.143 e. The van der Waals surface area contributed by atoms with Crippen LogP contribution in [0.25, 0.3) is 110 Å². The average Bonchev–Trinajstić information content (AvgIpc) is 3.65. The predicted molar refractivity (Wildman–Crippen MR) is 229 cm³/mol. The molecule has 11 rings (SSSR count). The van der Waals surface area contributed by atoms with Crippen molar-refractivity contribution >= 4 is 54.5 Å². The number of fused-ring (bicyclic) bond motifs is 9. The molecule has 0 amide bonds. The number of nitrogens with zero attached hydrogens (tertiary/aromatic N) is 2. The van der Waals surface area contributed by atoms with E-state index in [0.29, 0.717) is 0 Å². The van der Waals surface area contributed by atoms with E-state index in [1.807, 2.05) is 0 Å². The molecule has 0 spiro atoms. The largest absolute Gasteiger partial charge is 0.455 e. The minimum Gasteiger partial charge on any atom is -0.455 e. The van der Waals surface area contributed by atoms with Gasteiger partial charge in [-0.05, 0) is 85.6 Å². The SMILES string of the molecule is c1ccc(-c2cc(-c3ccccc3)c3oc4c(-c5ccc(-c6ccc7c(c6)c6ccccc6c6nccnc76)cc5)cc(-c5ccccc5)cc4c3c2)cc1. The van der Waals surface area contributed by atoms with Crippen LogP contribution >= 0.6 is 0 Å². The standard InChI is InChI=1S/C52H32N2O/c1-4-12-33(13-5-1)39-29-44(36-16-8-3-9-17-36)51-47(31-39)48-32-40(34-14-6-2-7-15-34)30-45(52(48)55-51)37-22-20-35(21-23-37)38-24-25-43-46(28-38)41-18-10-11-19-42(41)49-50(43)54-27-26-53-49/h1-32H. The smallest absolute Gasteiger partial charge is 0.143 e. The van der Waals surface area contributed by atoms with Gasteiger partial charge in [-0.25, -0.2) is 0 Å². The molecule has 2 heterocycles. The number of hydrogen-bond acceptors (Lipinski definition) is 3. The van der Waals surface area contributed by atoms with Crippen molar-refractivity contribution in [3.05, 3.63) is 194 Å². The molecule has 55 heavy (non-hydrogen) atoms. The van der Waals surface area contributed by atoms with Gasteiger partial charge in [-0.1, -0.05) is 152 Å². The highest BCUT2D eigenvalue weighted by atomic mass is 16.3. The molecule has 0 aliphatic heterocycles. The van der Waals surface area contributed by atoms with Gasteiger partial charge in [0.15, 0.2) is 0 Å². The molecular formula is C52H32N2O. The van der Waals surface area contributed by atoms with Crippen molar-refractivity contribution in [3.63, 3.8) is 0 Å². The first-order valence-electron chi connectivity index (χ1n) is 18.6. The maximum atomic E-state index is 7.03. The third-order valence-electron chi connectivity index (χ3n) is 10.9. The summed E-state index contributed by atoms with van der Waals surface area (Å²) in [4.78, 5) is 9.46. The summed E-state index contributed by atoms with van der Waals surface area (Å²) < 4.78 is 7.03. The Labute approximate surface area is 317 Å². The Morgan fingerprint density at radius 2 is 0.673 bits per heavy atom. The number of aromatic nitrogens is 2. The minimum atomic E-state index is 0.884. The minimum absolute atomic E-state index is 0.884. The lowest BCUT2D eigenvalue weighted by molar-refractivity contribution is 0.671. The predicted octanol–water partition coefficient (Wildman–Crippen LogP) is 14.2. The van der Waals surface area contributed by atoms with Crippen LogP contribution in [0.1, 0.15) is 0 Å². The Kier molecular flexibility index (Phi) is 7.17. The molecule has 3 heteroatoms. The molecule has 0 N–H and O–H groups in total. The second kappa shape index (κ2) is 12.6. The van der Waals surface area contributed by atoms with E-state index in [9.17, 15) is 0 Å². The molecule has 0 saturated carbocycles. The van der Waals surface area contributed by atoms with Crippen LogP contribution in [0.3, 0.4) is 0 Å². The molecule has 256 valence electrons. The van der Waals surface area contributed by atoms with Gasteiger partial charge in [0.05, 0.1) is 11.0 Å². The van der Waals surface area contributed by atoms with Gasteiger partial charge >= 0.3 is 0 Å². The quantitative estimate of drug-likeness (QED) is 0.168. The van der Waals surface area contributed by atoms with Crippen molar-refractivity contribution < 1.29 is 4.42 Å². The van der Waals surface area contributed by atoms with Crippen molar-refractivity contribution in [2.45, 2.75) is 0 Å². The summed E-state index contributed by atoms with van der Waals surface area (Å²) in [6.07, 6.45) is 3.55. The van der Waals surface area contributed by atoms with Crippen molar-refractivity contribution in [1.82, 2.24) is 9.97 Å². The lowest BCUT2D eigenvalue weighted by atomic mass is 9.92. The molecule has 0 unspecified atom stereocenters. The number of furan rings is 1. The molecule has 0 atom stereocenters. The van der Waals surface area contributed by atoms with Gasteiger partial charge < -0.3 is 4.42 Å². The number of rotatable bonds is 5. The zero-order chi connectivity index (χ0) is 36.3. The van der Waals surface area contributed by atoms with E-state index in [2.05, 4.69) is 182 Å². The van der Waals surface area contributed by atoms with Crippen molar-refractivity contribution in [2.24, 2.45) is 0 Å². The summed E-state index contributed by atoms with van der Waals surface area (Å²) >= 11 is 0. The summed E-state index contributed by atoms with van der Waals surface area (Å²) in [5.74, 6) is 0. The van der Waals surface area contributed by atoms with E-state index in [1.54, 1.807) is 12.4 Å². The fourth-order valence-electron chi connectivity index (χ4n) is 8.27. The van der Waals surface area contributed by atoms with Crippen molar-refractivity contribution in [1.29, 1.82) is 0 Å². The Morgan fingerprint density at radius 3 is 1.24 bits per heavy atom. The highest BCUT2D eigenvalue weighted by molar-refractivity contribution is 6.23. The second-order valence-corrected chi connectivity index (χ2v) is 14.1. The summed E-state index contributed by atoms with van der Waals surface area (Å²) in [5, 5.41) is 6.78. The molecule has 0 aliphatic carbocycles. The zero-order valence-electron chi connectivity index (χ0n) is 29.8. The van der Waals surface area contributed by atoms with Crippen molar-refractivity contribution in [3.8, 4) is 55.6 Å². The maximum absolute atomic E-state index is 7.03. The molecular weight excluding hydrogens is 669 g/mol. The molecule has 0 radical (unpaired) electrons. The fourth-order valence-corrected chi connectivity index (χ4v) is 8.27. The van der Waals surface area contributed by atoms with Gasteiger partial charge in [-0.15, -0.1) is 0 Å². The van der Waals surface area contributed by atoms with Crippen LogP contribution in [-0.4, -0.2) is 9.97 Å². The molecule has 0 bridgehead atoms. The monoisotopic (exact) mass is 700 g/mol. The van der Waals surface area contributed by atoms with Crippen LogP contribution < -0.4 is 0 Å². The van der Waals surface area contributed by atoms with Crippen LogP contribution in [0.5, 0.6) is 0 Å². The third kappa shape index (κ3) is 5.20. The Morgan fingerprint density at radius 1 is 0.273 bits per heavy atom. The Bertz CT molecular complexity index is 3190. The number of hydrogen-bond donors (Lipinski definition) is 0. The zero-order valence-corrected chi connectivity index (χ0v) is 29.8. The van der Waals surface area contributed by atoms with Gasteiger partial charge in [-0.2, -0.15) is 0 Å². The van der Waals surface area contributed by atoms with Gasteiger partial charge in [0.25, 0.3) is 0 Å². The van der Waals surface area contributed by atoms with Gasteiger partial charge in [0.2, 0.25) is 0 Å². The van der Waals surface area contributed by atoms with Crippen LogP contribution in [-0.2, 0) is 0 Å². The van der Waals surface area contributed by atoms with E-state index in [1.165, 1.54) is 21.9 Å². The van der Waals surface area contributed by atoms with E-state index in [-0.39, 0.29) is 0 Å². The molecule has 11 aromatic rings. The first kappa shape index (κ1) is 31.2. The first-order valence-corrected chi connectivity index (χ1v) is 18.6. The molecule has 2 aromatic heterocycles. The molecule has 3 nitrogen and oxygen atoms in total. The fraction of sp³-hybridized carbons (Fsp3) is 0. The van der Waals surface area contributed by atoms with Gasteiger partial charge in [0, 0.05) is 45.1 Å². The van der Waals surface area contributed by atoms with Crippen LogP contribution in [0, 0.1) is 0 Å². The summed E-state index contributed by atoms with van der Waals surface area (Å²) in [5.41, 5.74) is 15.0. The lowest BCUT2D eigenvalue weighted by Gasteiger charge is -2.12. The number of benzene rings is 9.